The lowest BCUT2D eigenvalue weighted by molar-refractivity contribution is -0.123. The molecule has 2 aromatic rings. The average molecular weight is 330 g/mol. The van der Waals surface area contributed by atoms with E-state index in [4.69, 9.17) is 23.8 Å². The van der Waals surface area contributed by atoms with Gasteiger partial charge in [0.2, 0.25) is 5.91 Å². The molecule has 0 aliphatic rings. The van der Waals surface area contributed by atoms with Gasteiger partial charge in [-0.05, 0) is 31.1 Å². The Morgan fingerprint density at radius 1 is 1.48 bits per heavy atom. The highest BCUT2D eigenvalue weighted by Crippen LogP contribution is 2.25. The fourth-order valence-corrected chi connectivity index (χ4v) is 2.60. The van der Waals surface area contributed by atoms with Crippen LogP contribution in [0.2, 0.25) is 5.02 Å². The van der Waals surface area contributed by atoms with Crippen LogP contribution in [0.15, 0.2) is 12.1 Å². The number of carbonyl (C=O) groups excluding carboxylic acids is 1. The van der Waals surface area contributed by atoms with Gasteiger partial charge in [0.15, 0.2) is 4.77 Å². The van der Waals surface area contributed by atoms with Crippen molar-refractivity contribution >= 4 is 40.8 Å². The number of aromatic amines is 1. The van der Waals surface area contributed by atoms with Gasteiger partial charge in [-0.1, -0.05) is 25.4 Å². The molecule has 2 rings (SSSR count). The molecular weight excluding hydrogens is 313 g/mol. The van der Waals surface area contributed by atoms with Crippen LogP contribution in [0.5, 0.6) is 0 Å². The van der Waals surface area contributed by atoms with Crippen molar-refractivity contribution in [3.8, 4) is 0 Å². The first kappa shape index (κ1) is 16.0. The molecule has 0 saturated carbocycles. The largest absolute Gasteiger partial charge is 0.354 e. The molecule has 4 nitrogen and oxygen atoms in total. The van der Waals surface area contributed by atoms with E-state index in [1.807, 2.05) is 13.8 Å². The summed E-state index contributed by atoms with van der Waals surface area (Å²) >= 11 is 11.1. The molecule has 7 heteroatoms. The minimum absolute atomic E-state index is 0.0000357. The summed E-state index contributed by atoms with van der Waals surface area (Å²) < 4.78 is 15.5. The highest BCUT2D eigenvalue weighted by molar-refractivity contribution is 7.71. The molecule has 0 saturated heterocycles. The maximum atomic E-state index is 13.5. The van der Waals surface area contributed by atoms with E-state index in [2.05, 4.69) is 10.3 Å². The van der Waals surface area contributed by atoms with Gasteiger partial charge in [-0.2, -0.15) is 0 Å². The van der Waals surface area contributed by atoms with Gasteiger partial charge in [-0.3, -0.25) is 4.79 Å². The second-order valence-electron chi connectivity index (χ2n) is 5.40. The molecule has 1 unspecified atom stereocenters. The molecule has 0 bridgehead atoms. The smallest absolute Gasteiger partial charge is 0.242 e. The number of H-pyrrole nitrogens is 1. The minimum Gasteiger partial charge on any atom is -0.354 e. The van der Waals surface area contributed by atoms with Gasteiger partial charge in [-0.25, -0.2) is 4.39 Å². The van der Waals surface area contributed by atoms with Gasteiger partial charge in [0.05, 0.1) is 16.1 Å². The van der Waals surface area contributed by atoms with Crippen molar-refractivity contribution in [2.45, 2.75) is 26.8 Å². The summed E-state index contributed by atoms with van der Waals surface area (Å²) in [5.74, 6) is -0.300. The number of imidazole rings is 1. The maximum absolute atomic E-state index is 13.5. The first-order chi connectivity index (χ1) is 9.81. The van der Waals surface area contributed by atoms with E-state index in [9.17, 15) is 9.18 Å². The summed E-state index contributed by atoms with van der Waals surface area (Å²) in [5.41, 5.74) is 1.13. The van der Waals surface area contributed by atoms with Gasteiger partial charge in [0.1, 0.15) is 11.9 Å². The molecule has 0 aliphatic carbocycles. The molecule has 1 aromatic heterocycles. The molecule has 0 spiro atoms. The summed E-state index contributed by atoms with van der Waals surface area (Å²) in [6.07, 6.45) is 0. The average Bonchev–Trinajstić information content (AvgIpc) is 2.71. The predicted molar refractivity (Wildman–Crippen MR) is 84.6 cm³/mol. The van der Waals surface area contributed by atoms with Crippen LogP contribution in [-0.4, -0.2) is 22.0 Å². The number of halogens is 2. The first-order valence-electron chi connectivity index (χ1n) is 6.68. The van der Waals surface area contributed by atoms with Crippen molar-refractivity contribution in [1.82, 2.24) is 14.9 Å². The third kappa shape index (κ3) is 3.27. The number of benzene rings is 1. The molecule has 2 N–H and O–H groups in total. The SMILES string of the molecule is CC(C)CNC(=O)C(C)n1c(=S)[nH]c2cc(F)c(Cl)cc21. The predicted octanol–water partition coefficient (Wildman–Crippen LogP) is 3.82. The lowest BCUT2D eigenvalue weighted by Gasteiger charge is -2.16. The monoisotopic (exact) mass is 329 g/mol. The van der Waals surface area contributed by atoms with Gasteiger partial charge in [0, 0.05) is 12.6 Å². The molecule has 21 heavy (non-hydrogen) atoms. The van der Waals surface area contributed by atoms with Crippen LogP contribution < -0.4 is 5.32 Å². The van der Waals surface area contributed by atoms with Gasteiger partial charge in [-0.15, -0.1) is 0 Å². The Bertz CT molecular complexity index is 738. The minimum atomic E-state index is -0.524. The highest BCUT2D eigenvalue weighted by Gasteiger charge is 2.19. The summed E-state index contributed by atoms with van der Waals surface area (Å²) in [7, 11) is 0. The Morgan fingerprint density at radius 2 is 2.14 bits per heavy atom. The van der Waals surface area contributed by atoms with E-state index in [1.165, 1.54) is 12.1 Å². The van der Waals surface area contributed by atoms with Crippen molar-refractivity contribution in [3.63, 3.8) is 0 Å². The van der Waals surface area contributed by atoms with Crippen LogP contribution in [-0.2, 0) is 4.79 Å². The Morgan fingerprint density at radius 3 is 2.76 bits per heavy atom. The Kier molecular flexibility index (Phi) is 4.68. The summed E-state index contributed by atoms with van der Waals surface area (Å²) in [5, 5.41) is 2.86. The Labute approximate surface area is 132 Å². The lowest BCUT2D eigenvalue weighted by atomic mass is 10.2. The van der Waals surface area contributed by atoms with Crippen LogP contribution in [0.1, 0.15) is 26.8 Å². The summed E-state index contributed by atoms with van der Waals surface area (Å²) in [6.45, 7) is 6.37. The number of nitrogens with one attached hydrogen (secondary N) is 2. The zero-order valence-electron chi connectivity index (χ0n) is 12.0. The van der Waals surface area contributed by atoms with Crippen molar-refractivity contribution in [1.29, 1.82) is 0 Å². The third-order valence-electron chi connectivity index (χ3n) is 3.21. The zero-order valence-corrected chi connectivity index (χ0v) is 13.6. The van der Waals surface area contributed by atoms with Crippen molar-refractivity contribution in [2.24, 2.45) is 5.92 Å². The molecular formula is C14H17ClFN3OS. The zero-order chi connectivity index (χ0) is 15.7. The summed E-state index contributed by atoms with van der Waals surface area (Å²) in [6, 6.07) is 2.25. The quantitative estimate of drug-likeness (QED) is 0.838. The first-order valence-corrected chi connectivity index (χ1v) is 7.47. The molecule has 0 radical (unpaired) electrons. The van der Waals surface area contributed by atoms with Crippen LogP contribution in [0, 0.1) is 16.5 Å². The second kappa shape index (κ2) is 6.15. The van der Waals surface area contributed by atoms with E-state index in [1.54, 1.807) is 11.5 Å². The maximum Gasteiger partial charge on any atom is 0.242 e. The third-order valence-corrected chi connectivity index (χ3v) is 3.80. The normalized spacial score (nSPS) is 12.9. The van der Waals surface area contributed by atoms with E-state index >= 15 is 0 Å². The number of fused-ring (bicyclic) bond motifs is 1. The number of hydrogen-bond acceptors (Lipinski definition) is 2. The molecule has 0 fully saturated rings. The molecule has 0 aliphatic heterocycles. The van der Waals surface area contributed by atoms with E-state index in [0.717, 1.165) is 0 Å². The van der Waals surface area contributed by atoms with Crippen molar-refractivity contribution < 1.29 is 9.18 Å². The number of nitrogens with zero attached hydrogens (tertiary/aromatic N) is 1. The van der Waals surface area contributed by atoms with E-state index < -0.39 is 11.9 Å². The van der Waals surface area contributed by atoms with Crippen LogP contribution in [0.3, 0.4) is 0 Å². The molecule has 1 aromatic carbocycles. The molecule has 1 amide bonds. The Hall–Kier alpha value is -1.40. The molecule has 114 valence electrons. The van der Waals surface area contributed by atoms with Crippen LogP contribution in [0.4, 0.5) is 4.39 Å². The topological polar surface area (TPSA) is 49.8 Å². The summed E-state index contributed by atoms with van der Waals surface area (Å²) in [4.78, 5) is 15.1. The number of amides is 1. The standard InChI is InChI=1S/C14H17ClFN3OS/c1-7(2)6-17-13(20)8(3)19-12-4-9(15)10(16)5-11(12)18-14(19)21/h4-5,7-8H,6H2,1-3H3,(H,17,20)(H,18,21). The van der Waals surface area contributed by atoms with Gasteiger partial charge >= 0.3 is 0 Å². The lowest BCUT2D eigenvalue weighted by Crippen LogP contribution is -2.33. The highest BCUT2D eigenvalue weighted by atomic mass is 35.5. The molecule has 1 heterocycles. The fourth-order valence-electron chi connectivity index (χ4n) is 2.07. The molecule has 1 atom stereocenters. The fraction of sp³-hybridized carbons (Fsp3) is 0.429. The van der Waals surface area contributed by atoms with Crippen LogP contribution >= 0.6 is 23.8 Å². The van der Waals surface area contributed by atoms with Crippen LogP contribution in [0.25, 0.3) is 11.0 Å². The van der Waals surface area contributed by atoms with E-state index in [0.29, 0.717) is 28.3 Å². The number of hydrogen-bond donors (Lipinski definition) is 2. The van der Waals surface area contributed by atoms with Gasteiger partial charge < -0.3 is 14.9 Å². The number of rotatable bonds is 4. The van der Waals surface area contributed by atoms with Crippen molar-refractivity contribution in [3.05, 3.63) is 27.7 Å². The number of aromatic nitrogens is 2. The van der Waals surface area contributed by atoms with Crippen molar-refractivity contribution in [2.75, 3.05) is 6.54 Å². The van der Waals surface area contributed by atoms with E-state index in [-0.39, 0.29) is 10.9 Å². The van der Waals surface area contributed by atoms with Gasteiger partial charge in [0.25, 0.3) is 0 Å². The second-order valence-corrected chi connectivity index (χ2v) is 6.19. The number of carbonyl (C=O) groups is 1. The Balaban J connectivity index is 2.41.